The summed E-state index contributed by atoms with van der Waals surface area (Å²) in [5.74, 6) is 0. The minimum Gasteiger partial charge on any atom is -0.148 e. The van der Waals surface area contributed by atoms with Crippen molar-refractivity contribution in [2.45, 2.75) is 38.9 Å². The minimum absolute atomic E-state index is 0.539. The van der Waals surface area contributed by atoms with Gasteiger partial charge in [0.2, 0.25) is 0 Å². The average molecular weight is 148 g/mol. The summed E-state index contributed by atoms with van der Waals surface area (Å²) in [5.41, 5.74) is 0. The zero-order valence-corrected chi connectivity index (χ0v) is 8.73. The third kappa shape index (κ3) is 2.28. The van der Waals surface area contributed by atoms with E-state index in [9.17, 15) is 0 Å². The summed E-state index contributed by atoms with van der Waals surface area (Å²) in [5, 5.41) is 0.539. The molecule has 0 nitrogen and oxygen atoms in total. The molecule has 0 bridgehead atoms. The lowest BCUT2D eigenvalue weighted by molar-refractivity contribution is 0.736. The van der Waals surface area contributed by atoms with Crippen molar-refractivity contribution >= 4 is 16.5 Å². The van der Waals surface area contributed by atoms with Crippen molar-refractivity contribution in [1.29, 1.82) is 0 Å². The molecule has 0 aliphatic heterocycles. The van der Waals surface area contributed by atoms with Gasteiger partial charge in [-0.1, -0.05) is 33.9 Å². The zero-order chi connectivity index (χ0) is 7.00. The molecule has 0 radical (unpaired) electrons. The lowest BCUT2D eigenvalue weighted by Crippen LogP contribution is -2.29. The van der Waals surface area contributed by atoms with Crippen LogP contribution < -0.4 is 0 Å². The van der Waals surface area contributed by atoms with Crippen molar-refractivity contribution in [3.63, 3.8) is 0 Å². The van der Waals surface area contributed by atoms with Gasteiger partial charge in [0.15, 0.2) is 0 Å². The Labute approximate surface area is 56.1 Å². The fraction of sp³-hybridized carbons (Fsp3) is 1.00. The number of hydrogen-bond acceptors (Lipinski definition) is 0. The van der Waals surface area contributed by atoms with E-state index < -0.39 is 7.74 Å². The van der Waals surface area contributed by atoms with E-state index in [1.54, 1.807) is 0 Å². The summed E-state index contributed by atoms with van der Waals surface area (Å²) in [6.07, 6.45) is 0. The molecule has 0 aliphatic carbocycles. The maximum absolute atomic E-state index is 3.00. The first-order valence-corrected chi connectivity index (χ1v) is 7.85. The van der Waals surface area contributed by atoms with Crippen LogP contribution >= 0.6 is 8.79 Å². The summed E-state index contributed by atoms with van der Waals surface area (Å²) in [6, 6.07) is 0. The second-order valence-electron chi connectivity index (χ2n) is 3.97. The molecule has 0 aliphatic rings. The van der Waals surface area contributed by atoms with Gasteiger partial charge >= 0.3 is 0 Å². The molecule has 0 aromatic carbocycles. The van der Waals surface area contributed by atoms with Crippen LogP contribution in [0.4, 0.5) is 0 Å². The Balaban J connectivity index is 4.02. The molecule has 0 N–H and O–H groups in total. The van der Waals surface area contributed by atoms with Crippen LogP contribution in [0.5, 0.6) is 0 Å². The molecule has 0 saturated heterocycles. The van der Waals surface area contributed by atoms with Crippen LogP contribution in [0, 0.1) is 0 Å². The highest BCUT2D eigenvalue weighted by Gasteiger charge is 2.29. The van der Waals surface area contributed by atoms with E-state index in [0.29, 0.717) is 5.04 Å². The van der Waals surface area contributed by atoms with Crippen LogP contribution in [0.3, 0.4) is 0 Å². The maximum Gasteiger partial charge on any atom is 0.0737 e. The first kappa shape index (κ1) is 8.65. The van der Waals surface area contributed by atoms with Crippen molar-refractivity contribution in [2.75, 3.05) is 0 Å². The minimum atomic E-state index is -0.942. The summed E-state index contributed by atoms with van der Waals surface area (Å²) < 4.78 is 0. The monoisotopic (exact) mass is 148 g/mol. The summed E-state index contributed by atoms with van der Waals surface area (Å²) in [7, 11) is 2.06. The summed E-state index contributed by atoms with van der Waals surface area (Å²) >= 11 is 0. The number of hydrogen-bond donors (Lipinski definition) is 0. The van der Waals surface area contributed by atoms with E-state index in [-0.39, 0.29) is 0 Å². The second-order valence-corrected chi connectivity index (χ2v) is 13.2. The van der Waals surface area contributed by atoms with Gasteiger partial charge in [-0.05, 0) is 5.04 Å². The molecule has 0 spiro atoms. The predicted octanol–water partition coefficient (Wildman–Crippen LogP) is 2.87. The zero-order valence-electron chi connectivity index (χ0n) is 6.58. The molecule has 0 aromatic heterocycles. The third-order valence-electron chi connectivity index (χ3n) is 1.93. The van der Waals surface area contributed by atoms with Crippen LogP contribution in [0.15, 0.2) is 0 Å². The van der Waals surface area contributed by atoms with Gasteiger partial charge in [-0.3, -0.25) is 0 Å². The molecule has 8 heavy (non-hydrogen) atoms. The van der Waals surface area contributed by atoms with Gasteiger partial charge < -0.3 is 0 Å². The first-order valence-electron chi connectivity index (χ1n) is 3.04. The molecule has 1 atom stereocenters. The highest BCUT2D eigenvalue weighted by atomic mass is 31.3. The smallest absolute Gasteiger partial charge is 0.0737 e. The Morgan fingerprint density at radius 2 is 1.25 bits per heavy atom. The molecule has 0 aromatic rings. The van der Waals surface area contributed by atoms with Crippen LogP contribution in [0.2, 0.25) is 18.1 Å². The second kappa shape index (κ2) is 2.11. The van der Waals surface area contributed by atoms with Gasteiger partial charge in [-0.2, -0.15) is 0 Å². The average Bonchev–Trinajstić information content (AvgIpc) is 1.25. The Bertz CT molecular complexity index is 63.5. The van der Waals surface area contributed by atoms with E-state index in [0.717, 1.165) is 0 Å². The Morgan fingerprint density at radius 3 is 1.25 bits per heavy atom. The molecule has 0 saturated carbocycles. The molecule has 0 heterocycles. The Morgan fingerprint density at radius 1 is 1.12 bits per heavy atom. The van der Waals surface area contributed by atoms with Crippen LogP contribution in [-0.2, 0) is 0 Å². The van der Waals surface area contributed by atoms with Crippen molar-refractivity contribution in [3.8, 4) is 0 Å². The quantitative estimate of drug-likeness (QED) is 0.366. The SMILES string of the molecule is CC(C)(C)[Si](C)(C)P. The van der Waals surface area contributed by atoms with Crippen LogP contribution in [-0.4, -0.2) is 7.74 Å². The molecule has 2 heteroatoms. The van der Waals surface area contributed by atoms with Gasteiger partial charge in [-0.25, -0.2) is 0 Å². The normalized spacial score (nSPS) is 14.2. The molecule has 0 rings (SSSR count). The predicted molar refractivity (Wildman–Crippen MR) is 46.9 cm³/mol. The van der Waals surface area contributed by atoms with Crippen molar-refractivity contribution < 1.29 is 0 Å². The maximum atomic E-state index is 3.00. The first-order chi connectivity index (χ1) is 3.25. The van der Waals surface area contributed by atoms with Crippen LogP contribution in [0.25, 0.3) is 0 Å². The molecular formula is C6H17PSi. The van der Waals surface area contributed by atoms with Crippen molar-refractivity contribution in [3.05, 3.63) is 0 Å². The van der Waals surface area contributed by atoms with Crippen molar-refractivity contribution in [2.24, 2.45) is 0 Å². The van der Waals surface area contributed by atoms with E-state index in [4.69, 9.17) is 0 Å². The largest absolute Gasteiger partial charge is 0.148 e. The van der Waals surface area contributed by atoms with Gasteiger partial charge in [0.05, 0.1) is 7.74 Å². The Kier molecular flexibility index (Phi) is 2.28. The fourth-order valence-electron chi connectivity index (χ4n) is 0. The standard InChI is InChI=1S/C6H17PSi/c1-6(2,3)8(4,5)7/h7H2,1-5H3. The van der Waals surface area contributed by atoms with E-state index in [2.05, 4.69) is 42.7 Å². The Hall–Kier alpha value is 0.647. The van der Waals surface area contributed by atoms with Gasteiger partial charge in [0.25, 0.3) is 0 Å². The lowest BCUT2D eigenvalue weighted by Gasteiger charge is -2.32. The van der Waals surface area contributed by atoms with E-state index in [1.165, 1.54) is 0 Å². The summed E-state index contributed by atoms with van der Waals surface area (Å²) in [6.45, 7) is 11.7. The number of rotatable bonds is 0. The van der Waals surface area contributed by atoms with Gasteiger partial charge in [0.1, 0.15) is 0 Å². The van der Waals surface area contributed by atoms with Crippen LogP contribution in [0.1, 0.15) is 20.8 Å². The van der Waals surface area contributed by atoms with Gasteiger partial charge in [-0.15, -0.1) is 8.79 Å². The molecular weight excluding hydrogens is 131 g/mol. The highest BCUT2D eigenvalue weighted by molar-refractivity contribution is 7.69. The topological polar surface area (TPSA) is 0 Å². The summed E-state index contributed by atoms with van der Waals surface area (Å²) in [4.78, 5) is 0. The lowest BCUT2D eigenvalue weighted by atomic mass is 10.2. The highest BCUT2D eigenvalue weighted by Crippen LogP contribution is 2.39. The van der Waals surface area contributed by atoms with Crippen molar-refractivity contribution in [1.82, 2.24) is 0 Å². The molecule has 0 fully saturated rings. The molecule has 0 amide bonds. The van der Waals surface area contributed by atoms with E-state index in [1.807, 2.05) is 0 Å². The van der Waals surface area contributed by atoms with Gasteiger partial charge in [0, 0.05) is 0 Å². The molecule has 1 unspecified atom stereocenters. The molecule has 50 valence electrons. The van der Waals surface area contributed by atoms with E-state index >= 15 is 0 Å². The third-order valence-corrected chi connectivity index (χ3v) is 8.40. The fourth-order valence-corrected chi connectivity index (χ4v) is 0.